The Kier molecular flexibility index (Phi) is 3.97. The molecule has 4 nitrogen and oxygen atoms in total. The lowest BCUT2D eigenvalue weighted by Crippen LogP contribution is -2.31. The summed E-state index contributed by atoms with van der Waals surface area (Å²) in [5, 5.41) is 10.0. The van der Waals surface area contributed by atoms with E-state index < -0.39 is 0 Å². The van der Waals surface area contributed by atoms with Crippen LogP contribution in [0.4, 0.5) is 0 Å². The van der Waals surface area contributed by atoms with E-state index in [1.54, 1.807) is 6.07 Å². The lowest BCUT2D eigenvalue weighted by Gasteiger charge is -2.27. The molecule has 0 radical (unpaired) electrons. The molecule has 1 heterocycles. The van der Waals surface area contributed by atoms with Gasteiger partial charge in [0.05, 0.1) is 0 Å². The molecule has 1 aliphatic rings. The molecule has 1 atom stereocenters. The first-order valence-electron chi connectivity index (χ1n) is 6.51. The maximum absolute atomic E-state index is 10.0. The van der Waals surface area contributed by atoms with Gasteiger partial charge in [-0.1, -0.05) is 13.8 Å². The van der Waals surface area contributed by atoms with E-state index >= 15 is 0 Å². The van der Waals surface area contributed by atoms with Gasteiger partial charge in [0.15, 0.2) is 11.5 Å². The molecule has 0 amide bonds. The van der Waals surface area contributed by atoms with Gasteiger partial charge in [-0.25, -0.2) is 0 Å². The lowest BCUT2D eigenvalue weighted by molar-refractivity contribution is 0.173. The fraction of sp³-hybridized carbons (Fsp3) is 0.571. The van der Waals surface area contributed by atoms with Crippen LogP contribution in [-0.4, -0.2) is 29.4 Å². The lowest BCUT2D eigenvalue weighted by atomic mass is 10.1. The molecule has 100 valence electrons. The first kappa shape index (κ1) is 13.0. The highest BCUT2D eigenvalue weighted by Gasteiger charge is 2.19. The third-order valence-corrected chi connectivity index (χ3v) is 3.57. The Morgan fingerprint density at radius 1 is 1.28 bits per heavy atom. The summed E-state index contributed by atoms with van der Waals surface area (Å²) in [6.07, 6.45) is 1.10. The average molecular weight is 251 g/mol. The Bertz CT molecular complexity index is 420. The summed E-state index contributed by atoms with van der Waals surface area (Å²) in [5.41, 5.74) is 0.890. The number of aromatic hydroxyl groups is 1. The molecule has 1 unspecified atom stereocenters. The monoisotopic (exact) mass is 251 g/mol. The van der Waals surface area contributed by atoms with Gasteiger partial charge < -0.3 is 14.6 Å². The molecule has 0 spiro atoms. The molecule has 1 aliphatic heterocycles. The van der Waals surface area contributed by atoms with Crippen molar-refractivity contribution in [1.29, 1.82) is 0 Å². The highest BCUT2D eigenvalue weighted by atomic mass is 16.7. The predicted molar refractivity (Wildman–Crippen MR) is 70.1 cm³/mol. The van der Waals surface area contributed by atoms with Gasteiger partial charge in [-0.15, -0.1) is 0 Å². The number of ether oxygens (including phenoxy) is 2. The maximum Gasteiger partial charge on any atom is 0.231 e. The second kappa shape index (κ2) is 5.48. The van der Waals surface area contributed by atoms with E-state index in [0.717, 1.165) is 30.8 Å². The first-order chi connectivity index (χ1) is 8.65. The topological polar surface area (TPSA) is 41.9 Å². The van der Waals surface area contributed by atoms with Gasteiger partial charge in [-0.3, -0.25) is 4.90 Å². The number of benzene rings is 1. The third-order valence-electron chi connectivity index (χ3n) is 3.57. The van der Waals surface area contributed by atoms with Gasteiger partial charge in [-0.2, -0.15) is 0 Å². The van der Waals surface area contributed by atoms with E-state index in [-0.39, 0.29) is 12.5 Å². The van der Waals surface area contributed by atoms with Crippen LogP contribution in [-0.2, 0) is 6.54 Å². The molecule has 4 heteroatoms. The minimum atomic E-state index is 0.237. The normalized spacial score (nSPS) is 15.1. The molecule has 2 rings (SSSR count). The van der Waals surface area contributed by atoms with E-state index in [9.17, 15) is 5.11 Å². The van der Waals surface area contributed by atoms with Crippen LogP contribution in [0.25, 0.3) is 0 Å². The number of phenols is 1. The van der Waals surface area contributed by atoms with Crippen molar-refractivity contribution in [3.8, 4) is 17.2 Å². The van der Waals surface area contributed by atoms with E-state index in [1.807, 2.05) is 6.07 Å². The van der Waals surface area contributed by atoms with Crippen LogP contribution >= 0.6 is 0 Å². The van der Waals surface area contributed by atoms with E-state index in [0.29, 0.717) is 11.8 Å². The molecule has 1 aromatic rings. The van der Waals surface area contributed by atoms with E-state index in [4.69, 9.17) is 9.47 Å². The van der Waals surface area contributed by atoms with Crippen molar-refractivity contribution < 1.29 is 14.6 Å². The van der Waals surface area contributed by atoms with Crippen LogP contribution in [0.1, 0.15) is 32.8 Å². The van der Waals surface area contributed by atoms with Crippen molar-refractivity contribution in [2.45, 2.75) is 39.8 Å². The number of hydrogen-bond donors (Lipinski definition) is 1. The number of hydrogen-bond acceptors (Lipinski definition) is 4. The summed E-state index contributed by atoms with van der Waals surface area (Å²) in [6, 6.07) is 4.02. The van der Waals surface area contributed by atoms with Gasteiger partial charge in [0.2, 0.25) is 6.79 Å². The van der Waals surface area contributed by atoms with Gasteiger partial charge in [0, 0.05) is 24.2 Å². The van der Waals surface area contributed by atoms with Crippen LogP contribution in [0.3, 0.4) is 0 Å². The molecule has 0 saturated heterocycles. The van der Waals surface area contributed by atoms with E-state index in [1.165, 1.54) is 0 Å². The highest BCUT2D eigenvalue weighted by Crippen LogP contribution is 2.38. The largest absolute Gasteiger partial charge is 0.507 e. The SMILES string of the molecule is CCC(C)N(CC)Cc1cc2c(cc1O)OCO2. The summed E-state index contributed by atoms with van der Waals surface area (Å²) in [5.74, 6) is 1.63. The van der Waals surface area contributed by atoms with Gasteiger partial charge in [-0.05, 0) is 26.0 Å². The second-order valence-electron chi connectivity index (χ2n) is 4.65. The van der Waals surface area contributed by atoms with Crippen molar-refractivity contribution in [2.75, 3.05) is 13.3 Å². The second-order valence-corrected chi connectivity index (χ2v) is 4.65. The molecule has 1 aromatic carbocycles. The van der Waals surface area contributed by atoms with Crippen molar-refractivity contribution in [1.82, 2.24) is 4.90 Å². The molecule has 1 N–H and O–H groups in total. The zero-order chi connectivity index (χ0) is 13.1. The predicted octanol–water partition coefficient (Wildman–Crippen LogP) is 2.74. The van der Waals surface area contributed by atoms with Crippen molar-refractivity contribution in [3.63, 3.8) is 0 Å². The minimum absolute atomic E-state index is 0.237. The Hall–Kier alpha value is -1.42. The summed E-state index contributed by atoms with van der Waals surface area (Å²) < 4.78 is 10.6. The van der Waals surface area contributed by atoms with Crippen LogP contribution in [0.2, 0.25) is 0 Å². The fourth-order valence-electron chi connectivity index (χ4n) is 2.16. The first-order valence-corrected chi connectivity index (χ1v) is 6.51. The standard InChI is InChI=1S/C14H21NO3/c1-4-10(3)15(5-2)8-11-6-13-14(7-12(11)16)18-9-17-13/h6-7,10,16H,4-5,8-9H2,1-3H3. The van der Waals surface area contributed by atoms with Gasteiger partial charge >= 0.3 is 0 Å². The number of nitrogens with zero attached hydrogens (tertiary/aromatic N) is 1. The number of phenolic OH excluding ortho intramolecular Hbond substituents is 1. The van der Waals surface area contributed by atoms with Crippen LogP contribution in [0.5, 0.6) is 17.2 Å². The quantitative estimate of drug-likeness (QED) is 0.873. The zero-order valence-corrected chi connectivity index (χ0v) is 11.3. The number of rotatable bonds is 5. The molecule has 0 saturated carbocycles. The fourth-order valence-corrected chi connectivity index (χ4v) is 2.16. The van der Waals surface area contributed by atoms with Gasteiger partial charge in [0.1, 0.15) is 5.75 Å². The van der Waals surface area contributed by atoms with E-state index in [2.05, 4.69) is 25.7 Å². The zero-order valence-electron chi connectivity index (χ0n) is 11.3. The smallest absolute Gasteiger partial charge is 0.231 e. The Balaban J connectivity index is 2.18. The van der Waals surface area contributed by atoms with Crippen LogP contribution < -0.4 is 9.47 Å². The molecule has 0 fully saturated rings. The Morgan fingerprint density at radius 2 is 1.94 bits per heavy atom. The highest BCUT2D eigenvalue weighted by molar-refractivity contribution is 5.51. The Morgan fingerprint density at radius 3 is 2.56 bits per heavy atom. The molecule has 0 aromatic heterocycles. The summed E-state index contributed by atoms with van der Waals surface area (Å²) in [6.45, 7) is 8.44. The molecule has 0 bridgehead atoms. The van der Waals surface area contributed by atoms with Gasteiger partial charge in [0.25, 0.3) is 0 Å². The summed E-state index contributed by atoms with van der Waals surface area (Å²) in [7, 11) is 0. The maximum atomic E-state index is 10.0. The summed E-state index contributed by atoms with van der Waals surface area (Å²) in [4.78, 5) is 2.33. The third kappa shape index (κ3) is 2.53. The van der Waals surface area contributed by atoms with Crippen molar-refractivity contribution in [3.05, 3.63) is 17.7 Å². The average Bonchev–Trinajstić information content (AvgIpc) is 2.81. The minimum Gasteiger partial charge on any atom is -0.507 e. The molecular weight excluding hydrogens is 230 g/mol. The number of fused-ring (bicyclic) bond motifs is 1. The Labute approximate surface area is 108 Å². The van der Waals surface area contributed by atoms with Crippen molar-refractivity contribution in [2.24, 2.45) is 0 Å². The molecule has 0 aliphatic carbocycles. The van der Waals surface area contributed by atoms with Crippen LogP contribution in [0.15, 0.2) is 12.1 Å². The van der Waals surface area contributed by atoms with Crippen molar-refractivity contribution >= 4 is 0 Å². The summed E-state index contributed by atoms with van der Waals surface area (Å²) >= 11 is 0. The van der Waals surface area contributed by atoms with Crippen LogP contribution in [0, 0.1) is 0 Å². The molecule has 18 heavy (non-hydrogen) atoms. The molecular formula is C14H21NO3.